The maximum Gasteiger partial charge on any atom is 0.374 e. The van der Waals surface area contributed by atoms with E-state index < -0.39 is 5.97 Å². The van der Waals surface area contributed by atoms with Gasteiger partial charge in [0.05, 0.1) is 7.11 Å². The molecular weight excluding hydrogens is 238 g/mol. The van der Waals surface area contributed by atoms with Gasteiger partial charge in [-0.05, 0) is 18.6 Å². The summed E-state index contributed by atoms with van der Waals surface area (Å²) in [4.78, 5) is 10.7. The van der Waals surface area contributed by atoms with Crippen molar-refractivity contribution in [3.05, 3.63) is 29.5 Å². The second-order valence-electron chi connectivity index (χ2n) is 3.72. The molecule has 0 spiro atoms. The zero-order valence-electron chi connectivity index (χ0n) is 9.80. The second kappa shape index (κ2) is 4.40. The third-order valence-corrected chi connectivity index (χ3v) is 2.48. The van der Waals surface area contributed by atoms with Gasteiger partial charge in [0.1, 0.15) is 17.2 Å². The molecular formula is C12H11NO5. The highest BCUT2D eigenvalue weighted by Crippen LogP contribution is 2.35. The number of nitrogens with zero attached hydrogens (tertiary/aromatic N) is 1. The lowest BCUT2D eigenvalue weighted by atomic mass is 10.0. The smallest absolute Gasteiger partial charge is 0.374 e. The second-order valence-corrected chi connectivity index (χ2v) is 3.72. The fourth-order valence-corrected chi connectivity index (χ4v) is 1.72. The van der Waals surface area contributed by atoms with Crippen LogP contribution >= 0.6 is 0 Å². The van der Waals surface area contributed by atoms with Gasteiger partial charge in [-0.3, -0.25) is 0 Å². The quantitative estimate of drug-likeness (QED) is 0.864. The van der Waals surface area contributed by atoms with Crippen LogP contribution in [0.4, 0.5) is 0 Å². The molecule has 2 rings (SSSR count). The number of aromatic carboxylic acids is 1. The average Bonchev–Trinajstić information content (AvgIpc) is 2.77. The van der Waals surface area contributed by atoms with Gasteiger partial charge in [0.2, 0.25) is 5.76 Å². The zero-order valence-corrected chi connectivity index (χ0v) is 9.80. The van der Waals surface area contributed by atoms with Crippen molar-refractivity contribution in [3.63, 3.8) is 0 Å². The number of carbonyl (C=O) groups is 1. The molecule has 0 aliphatic rings. The lowest BCUT2D eigenvalue weighted by Gasteiger charge is -2.09. The van der Waals surface area contributed by atoms with Crippen LogP contribution in [0.5, 0.6) is 11.5 Å². The molecule has 2 aromatic rings. The Hall–Kier alpha value is -2.50. The van der Waals surface area contributed by atoms with E-state index in [1.54, 1.807) is 6.92 Å². The van der Waals surface area contributed by atoms with Crippen molar-refractivity contribution in [2.24, 2.45) is 0 Å². The van der Waals surface area contributed by atoms with Crippen molar-refractivity contribution in [1.29, 1.82) is 0 Å². The third-order valence-electron chi connectivity index (χ3n) is 2.48. The Morgan fingerprint density at radius 1 is 1.39 bits per heavy atom. The molecule has 2 N–H and O–H groups in total. The van der Waals surface area contributed by atoms with Crippen LogP contribution in [0.15, 0.2) is 22.7 Å². The van der Waals surface area contributed by atoms with Crippen molar-refractivity contribution in [2.75, 3.05) is 7.11 Å². The number of aryl methyl sites for hydroxylation is 1. The van der Waals surface area contributed by atoms with Crippen LogP contribution in [0.3, 0.4) is 0 Å². The minimum Gasteiger partial charge on any atom is -0.508 e. The van der Waals surface area contributed by atoms with Crippen molar-refractivity contribution >= 4 is 5.97 Å². The van der Waals surface area contributed by atoms with Gasteiger partial charge in [-0.1, -0.05) is 5.16 Å². The van der Waals surface area contributed by atoms with Crippen LogP contribution in [0.2, 0.25) is 0 Å². The monoisotopic (exact) mass is 249 g/mol. The van der Waals surface area contributed by atoms with E-state index in [1.807, 2.05) is 0 Å². The lowest BCUT2D eigenvalue weighted by Crippen LogP contribution is -1.93. The van der Waals surface area contributed by atoms with E-state index in [-0.39, 0.29) is 11.5 Å². The van der Waals surface area contributed by atoms with Gasteiger partial charge in [-0.15, -0.1) is 0 Å². The normalized spacial score (nSPS) is 10.3. The molecule has 6 nitrogen and oxygen atoms in total. The van der Waals surface area contributed by atoms with E-state index in [2.05, 4.69) is 5.16 Å². The number of benzene rings is 1. The van der Waals surface area contributed by atoms with Crippen LogP contribution in [-0.2, 0) is 0 Å². The Bertz CT molecular complexity index is 603. The first-order valence-electron chi connectivity index (χ1n) is 5.11. The molecule has 0 amide bonds. The molecule has 0 saturated heterocycles. The summed E-state index contributed by atoms with van der Waals surface area (Å²) in [6, 6.07) is 4.27. The fraction of sp³-hybridized carbons (Fsp3) is 0.167. The Morgan fingerprint density at radius 2 is 2.11 bits per heavy atom. The number of rotatable bonds is 3. The van der Waals surface area contributed by atoms with Gasteiger partial charge in [-0.25, -0.2) is 4.79 Å². The van der Waals surface area contributed by atoms with E-state index in [1.165, 1.54) is 25.3 Å². The van der Waals surface area contributed by atoms with Crippen molar-refractivity contribution in [1.82, 2.24) is 5.16 Å². The molecule has 0 fully saturated rings. The Balaban J connectivity index is 2.58. The molecule has 1 aromatic carbocycles. The van der Waals surface area contributed by atoms with Crippen LogP contribution in [-0.4, -0.2) is 28.4 Å². The standard InChI is InChI=1S/C12H11NO5/c1-6-3-7(14)4-9(17-2)11(6)8-5-10(12(15)16)18-13-8/h3-5,14H,1-2H3,(H,15,16). The van der Waals surface area contributed by atoms with Gasteiger partial charge in [0, 0.05) is 17.7 Å². The van der Waals surface area contributed by atoms with Crippen molar-refractivity contribution in [3.8, 4) is 22.8 Å². The number of carboxylic acids is 1. The maximum atomic E-state index is 10.7. The lowest BCUT2D eigenvalue weighted by molar-refractivity contribution is 0.0652. The number of aromatic hydroxyl groups is 1. The van der Waals surface area contributed by atoms with Gasteiger partial charge >= 0.3 is 5.97 Å². The molecule has 0 atom stereocenters. The summed E-state index contributed by atoms with van der Waals surface area (Å²) in [6.45, 7) is 1.76. The summed E-state index contributed by atoms with van der Waals surface area (Å²) in [5, 5.41) is 21.9. The first-order valence-corrected chi connectivity index (χ1v) is 5.11. The van der Waals surface area contributed by atoms with Gasteiger partial charge in [0.25, 0.3) is 0 Å². The predicted octanol–water partition coefficient (Wildman–Crippen LogP) is 2.06. The summed E-state index contributed by atoms with van der Waals surface area (Å²) < 4.78 is 9.84. The molecule has 0 aliphatic heterocycles. The minimum atomic E-state index is -1.19. The average molecular weight is 249 g/mol. The largest absolute Gasteiger partial charge is 0.508 e. The highest BCUT2D eigenvalue weighted by molar-refractivity contribution is 5.86. The number of ether oxygens (including phenoxy) is 1. The topological polar surface area (TPSA) is 92.8 Å². The molecule has 1 aromatic heterocycles. The van der Waals surface area contributed by atoms with E-state index in [0.717, 1.165) is 0 Å². The van der Waals surface area contributed by atoms with Crippen molar-refractivity contribution < 1.29 is 24.3 Å². The van der Waals surface area contributed by atoms with Gasteiger partial charge in [0.15, 0.2) is 0 Å². The van der Waals surface area contributed by atoms with Crippen LogP contribution in [0.25, 0.3) is 11.3 Å². The molecule has 94 valence electrons. The first-order chi connectivity index (χ1) is 8.52. The summed E-state index contributed by atoms with van der Waals surface area (Å²) >= 11 is 0. The maximum absolute atomic E-state index is 10.7. The number of carboxylic acid groups (broad SMARTS) is 1. The number of aromatic nitrogens is 1. The number of hydrogen-bond acceptors (Lipinski definition) is 5. The van der Waals surface area contributed by atoms with Crippen LogP contribution in [0.1, 0.15) is 16.1 Å². The molecule has 0 unspecified atom stereocenters. The number of phenolic OH excluding ortho intramolecular Hbond substituents is 1. The molecule has 18 heavy (non-hydrogen) atoms. The highest BCUT2D eigenvalue weighted by Gasteiger charge is 2.18. The summed E-state index contributed by atoms with van der Waals surface area (Å²) in [6.07, 6.45) is 0. The summed E-state index contributed by atoms with van der Waals surface area (Å²) in [5.41, 5.74) is 1.64. The summed E-state index contributed by atoms with van der Waals surface area (Å²) in [5.74, 6) is -0.975. The van der Waals surface area contributed by atoms with Gasteiger partial charge in [-0.2, -0.15) is 0 Å². The number of hydrogen-bond donors (Lipinski definition) is 2. The van der Waals surface area contributed by atoms with Crippen LogP contribution < -0.4 is 4.74 Å². The van der Waals surface area contributed by atoms with E-state index >= 15 is 0 Å². The summed E-state index contributed by atoms with van der Waals surface area (Å²) in [7, 11) is 1.45. The molecule has 0 radical (unpaired) electrons. The van der Waals surface area contributed by atoms with E-state index in [4.69, 9.17) is 14.4 Å². The molecule has 6 heteroatoms. The van der Waals surface area contributed by atoms with Crippen LogP contribution in [0, 0.1) is 6.92 Å². The minimum absolute atomic E-state index is 0.0649. The third kappa shape index (κ3) is 2.00. The Morgan fingerprint density at radius 3 is 2.67 bits per heavy atom. The zero-order chi connectivity index (χ0) is 13.3. The first kappa shape index (κ1) is 12.0. The fourth-order valence-electron chi connectivity index (χ4n) is 1.72. The highest BCUT2D eigenvalue weighted by atomic mass is 16.5. The molecule has 1 heterocycles. The number of methoxy groups -OCH3 is 1. The van der Waals surface area contributed by atoms with E-state index in [9.17, 15) is 9.90 Å². The molecule has 0 aliphatic carbocycles. The Labute approximate surface area is 102 Å². The molecule has 0 bridgehead atoms. The van der Waals surface area contributed by atoms with Crippen molar-refractivity contribution in [2.45, 2.75) is 6.92 Å². The molecule has 0 saturated carbocycles. The van der Waals surface area contributed by atoms with E-state index in [0.29, 0.717) is 22.6 Å². The van der Waals surface area contributed by atoms with Gasteiger partial charge < -0.3 is 19.5 Å². The Kier molecular flexibility index (Phi) is 2.93. The SMILES string of the molecule is COc1cc(O)cc(C)c1-c1cc(C(=O)O)on1. The predicted molar refractivity (Wildman–Crippen MR) is 61.9 cm³/mol. The number of phenols is 1.